The second-order valence-electron chi connectivity index (χ2n) is 12.0. The van der Waals surface area contributed by atoms with Crippen LogP contribution < -0.4 is 0 Å². The van der Waals surface area contributed by atoms with Crippen molar-refractivity contribution in [2.75, 3.05) is 19.8 Å². The van der Waals surface area contributed by atoms with E-state index in [-0.39, 0.29) is 24.3 Å². The molecule has 0 amide bonds. The lowest BCUT2D eigenvalue weighted by Crippen LogP contribution is -2.64. The van der Waals surface area contributed by atoms with E-state index in [2.05, 4.69) is 0 Å². The van der Waals surface area contributed by atoms with Crippen LogP contribution in [0.1, 0.15) is 26.7 Å². The van der Waals surface area contributed by atoms with Gasteiger partial charge < -0.3 is 80.6 Å². The second-order valence-corrected chi connectivity index (χ2v) is 12.0. The molecule has 1 saturated heterocycles. The van der Waals surface area contributed by atoms with Gasteiger partial charge in [0.15, 0.2) is 6.29 Å². The van der Waals surface area contributed by atoms with E-state index in [4.69, 9.17) is 14.2 Å². The van der Waals surface area contributed by atoms with Crippen molar-refractivity contribution in [2.45, 2.75) is 118 Å². The molecule has 0 spiro atoms. The van der Waals surface area contributed by atoms with Crippen LogP contribution in [0.2, 0.25) is 0 Å². The molecule has 0 bridgehead atoms. The lowest BCUT2D eigenvalue weighted by Gasteiger charge is -2.48. The molecule has 16 heteroatoms. The molecule has 252 valence electrons. The third kappa shape index (κ3) is 7.91. The Hall–Kier alpha value is -0.900. The van der Waals surface area contributed by atoms with Crippen molar-refractivity contribution < 1.29 is 80.6 Å². The average molecular weight is 629 g/mol. The Kier molecular flexibility index (Phi) is 13.3. The number of rotatable bonds is 12. The summed E-state index contributed by atoms with van der Waals surface area (Å²) in [6.45, 7) is 0.766. The van der Waals surface area contributed by atoms with E-state index in [1.807, 2.05) is 0 Å². The minimum absolute atomic E-state index is 0.0892. The Morgan fingerprint density at radius 3 is 2.09 bits per heavy atom. The van der Waals surface area contributed by atoms with Crippen molar-refractivity contribution in [3.05, 3.63) is 11.6 Å². The van der Waals surface area contributed by atoms with E-state index >= 15 is 0 Å². The topological polar surface area (TPSA) is 291 Å². The summed E-state index contributed by atoms with van der Waals surface area (Å²) in [6, 6.07) is 0. The molecule has 3 rings (SSSR count). The fourth-order valence-electron chi connectivity index (χ4n) is 6.26. The number of ether oxygens (including phenoxy) is 3. The minimum Gasteiger partial charge on any atom is -0.394 e. The molecule has 18 atom stereocenters. The molecule has 0 aromatic carbocycles. The van der Waals surface area contributed by atoms with Crippen molar-refractivity contribution in [2.24, 2.45) is 17.8 Å². The minimum atomic E-state index is -1.87. The molecule has 2 aliphatic carbocycles. The standard InChI is InChI=1S/C27H48O16/c1-9-3-15(21(37)20(36)13(9)5-11-4-12(6-28)19(35)22(38)18(11)34)41-26-16(8-30)42-27(24(40)23(26)39)43-25(14(32)7-29)17(33)10(2)31/h4,9-11,13-40H,3,5-8H2,1-2H3/t9-,10-,11+,13+,14+,15-,16+,17+,18-,19+,20-,21-,22+,23+,24+,25+,26+,27+/m0/s1. The van der Waals surface area contributed by atoms with Gasteiger partial charge in [-0.25, -0.2) is 0 Å². The van der Waals surface area contributed by atoms with Crippen LogP contribution in [0.15, 0.2) is 11.6 Å². The number of aliphatic hydroxyl groups is 13. The monoisotopic (exact) mass is 628 g/mol. The zero-order valence-electron chi connectivity index (χ0n) is 24.0. The van der Waals surface area contributed by atoms with Crippen molar-refractivity contribution >= 4 is 0 Å². The van der Waals surface area contributed by atoms with Crippen LogP contribution in [0.5, 0.6) is 0 Å². The fourth-order valence-corrected chi connectivity index (χ4v) is 6.26. The Balaban J connectivity index is 1.70. The van der Waals surface area contributed by atoms with Crippen LogP contribution in [-0.4, -0.2) is 178 Å². The maximum absolute atomic E-state index is 11.0. The van der Waals surface area contributed by atoms with Gasteiger partial charge in [0, 0.05) is 5.92 Å². The molecule has 0 aromatic heterocycles. The molecule has 0 aromatic rings. The molecule has 3 aliphatic rings. The molecule has 2 fully saturated rings. The number of hydrogen-bond donors (Lipinski definition) is 13. The molecule has 0 unspecified atom stereocenters. The Morgan fingerprint density at radius 2 is 1.53 bits per heavy atom. The first-order chi connectivity index (χ1) is 20.2. The van der Waals surface area contributed by atoms with Gasteiger partial charge in [-0.05, 0) is 37.2 Å². The lowest BCUT2D eigenvalue weighted by molar-refractivity contribution is -0.339. The van der Waals surface area contributed by atoms with Gasteiger partial charge in [-0.3, -0.25) is 0 Å². The Bertz CT molecular complexity index is 889. The van der Waals surface area contributed by atoms with Crippen LogP contribution in [0, 0.1) is 17.8 Å². The summed E-state index contributed by atoms with van der Waals surface area (Å²) in [5.74, 6) is -1.72. The van der Waals surface area contributed by atoms with Crippen LogP contribution in [0.25, 0.3) is 0 Å². The highest BCUT2D eigenvalue weighted by molar-refractivity contribution is 5.19. The highest BCUT2D eigenvalue weighted by atomic mass is 16.7. The van der Waals surface area contributed by atoms with Gasteiger partial charge in [-0.15, -0.1) is 0 Å². The van der Waals surface area contributed by atoms with Gasteiger partial charge in [0.2, 0.25) is 0 Å². The summed E-state index contributed by atoms with van der Waals surface area (Å²) in [4.78, 5) is 0. The summed E-state index contributed by atoms with van der Waals surface area (Å²) in [5.41, 5.74) is 0.127. The van der Waals surface area contributed by atoms with Gasteiger partial charge >= 0.3 is 0 Å². The number of aliphatic hydroxyl groups excluding tert-OH is 13. The van der Waals surface area contributed by atoms with Crippen molar-refractivity contribution in [1.82, 2.24) is 0 Å². The third-order valence-corrected chi connectivity index (χ3v) is 8.99. The van der Waals surface area contributed by atoms with E-state index in [9.17, 15) is 66.4 Å². The van der Waals surface area contributed by atoms with Crippen LogP contribution in [0.4, 0.5) is 0 Å². The summed E-state index contributed by atoms with van der Waals surface area (Å²) in [7, 11) is 0. The smallest absolute Gasteiger partial charge is 0.187 e. The zero-order chi connectivity index (χ0) is 32.3. The Labute approximate surface area is 248 Å². The largest absolute Gasteiger partial charge is 0.394 e. The van der Waals surface area contributed by atoms with Crippen LogP contribution in [0.3, 0.4) is 0 Å². The molecule has 13 N–H and O–H groups in total. The van der Waals surface area contributed by atoms with Crippen molar-refractivity contribution in [1.29, 1.82) is 0 Å². The molecule has 1 heterocycles. The molecule has 0 radical (unpaired) electrons. The molecule has 1 aliphatic heterocycles. The first-order valence-electron chi connectivity index (χ1n) is 14.5. The SMILES string of the molecule is C[C@H](O)[C@@H](O)[C@H](O[C@H]1O[C@H](CO)[C@@H](O[C@H]2C[C@H](C)[C@@H](C[C@H]3C=C(CO)[C@@H](O)[C@H](O)[C@H]3O)[C@H](O)[C@H]2O)[C@H](O)[C@H]1O)[C@H](O)CO. The van der Waals surface area contributed by atoms with Crippen LogP contribution in [-0.2, 0) is 14.2 Å². The maximum atomic E-state index is 11.0. The molecular formula is C27H48O16. The first kappa shape index (κ1) is 36.6. The van der Waals surface area contributed by atoms with E-state index < -0.39 is 123 Å². The average Bonchev–Trinajstić information content (AvgIpc) is 2.98. The highest BCUT2D eigenvalue weighted by Crippen LogP contribution is 2.40. The van der Waals surface area contributed by atoms with E-state index in [0.717, 1.165) is 0 Å². The van der Waals surface area contributed by atoms with Crippen molar-refractivity contribution in [3.8, 4) is 0 Å². The molecule has 16 nitrogen and oxygen atoms in total. The second kappa shape index (κ2) is 15.6. The first-order valence-corrected chi connectivity index (χ1v) is 14.5. The van der Waals surface area contributed by atoms with E-state index in [1.165, 1.54) is 13.0 Å². The van der Waals surface area contributed by atoms with E-state index in [0.29, 0.717) is 0 Å². The van der Waals surface area contributed by atoms with Gasteiger partial charge in [0.25, 0.3) is 0 Å². The van der Waals surface area contributed by atoms with E-state index in [1.54, 1.807) is 6.92 Å². The van der Waals surface area contributed by atoms with Gasteiger partial charge in [0.1, 0.15) is 61.0 Å². The molecular weight excluding hydrogens is 580 g/mol. The normalized spacial score (nSPS) is 45.2. The predicted molar refractivity (Wildman–Crippen MR) is 143 cm³/mol. The molecule has 1 saturated carbocycles. The van der Waals surface area contributed by atoms with Crippen molar-refractivity contribution in [3.63, 3.8) is 0 Å². The molecule has 43 heavy (non-hydrogen) atoms. The van der Waals surface area contributed by atoms with Gasteiger partial charge in [-0.2, -0.15) is 0 Å². The zero-order valence-corrected chi connectivity index (χ0v) is 24.0. The third-order valence-electron chi connectivity index (χ3n) is 8.99. The highest BCUT2D eigenvalue weighted by Gasteiger charge is 2.51. The predicted octanol–water partition coefficient (Wildman–Crippen LogP) is -5.94. The fraction of sp³-hybridized carbons (Fsp3) is 0.926. The lowest BCUT2D eigenvalue weighted by atomic mass is 9.69. The summed E-state index contributed by atoms with van der Waals surface area (Å²) < 4.78 is 16.9. The Morgan fingerprint density at radius 1 is 0.884 bits per heavy atom. The number of hydrogen-bond acceptors (Lipinski definition) is 16. The summed E-state index contributed by atoms with van der Waals surface area (Å²) >= 11 is 0. The summed E-state index contributed by atoms with van der Waals surface area (Å²) in [5, 5.41) is 133. The van der Waals surface area contributed by atoms with Crippen LogP contribution >= 0.6 is 0 Å². The van der Waals surface area contributed by atoms with Gasteiger partial charge in [-0.1, -0.05) is 13.0 Å². The maximum Gasteiger partial charge on any atom is 0.187 e. The summed E-state index contributed by atoms with van der Waals surface area (Å²) in [6.07, 6.45) is -21.5. The van der Waals surface area contributed by atoms with Gasteiger partial charge in [0.05, 0.1) is 44.2 Å². The quantitative estimate of drug-likeness (QED) is 0.0895.